The Morgan fingerprint density at radius 2 is 2.05 bits per heavy atom. The zero-order chi connectivity index (χ0) is 14.9. The molecule has 1 aromatic carbocycles. The number of nitrogens with zero attached hydrogens (tertiary/aromatic N) is 4. The van der Waals surface area contributed by atoms with Crippen LogP contribution < -0.4 is 5.32 Å². The minimum absolute atomic E-state index is 0.693. The first kappa shape index (κ1) is 13.2. The normalized spacial score (nSPS) is 13.5. The molecule has 1 aliphatic rings. The van der Waals surface area contributed by atoms with Gasteiger partial charge in [-0.3, -0.25) is 0 Å². The van der Waals surface area contributed by atoms with Crippen molar-refractivity contribution in [2.45, 2.75) is 32.6 Å². The van der Waals surface area contributed by atoms with E-state index in [9.17, 15) is 0 Å². The summed E-state index contributed by atoms with van der Waals surface area (Å²) < 4.78 is 1.83. The number of fused-ring (bicyclic) bond motifs is 2. The molecule has 2 heterocycles. The van der Waals surface area contributed by atoms with Crippen LogP contribution in [-0.4, -0.2) is 26.1 Å². The second-order valence-corrected chi connectivity index (χ2v) is 5.87. The average molecular weight is 293 g/mol. The van der Waals surface area contributed by atoms with Crippen LogP contribution in [0.4, 0.5) is 5.82 Å². The fourth-order valence-corrected chi connectivity index (χ4v) is 3.09. The largest absolute Gasteiger partial charge is 0.369 e. The van der Waals surface area contributed by atoms with E-state index in [0.29, 0.717) is 5.78 Å². The number of rotatable bonds is 4. The Labute approximate surface area is 129 Å². The highest BCUT2D eigenvalue weighted by atomic mass is 15.4. The molecule has 0 spiro atoms. The van der Waals surface area contributed by atoms with Gasteiger partial charge in [0, 0.05) is 12.1 Å². The van der Waals surface area contributed by atoms with Crippen molar-refractivity contribution in [3.05, 3.63) is 53.0 Å². The number of aromatic nitrogens is 4. The van der Waals surface area contributed by atoms with E-state index in [1.54, 1.807) is 6.33 Å². The Morgan fingerprint density at radius 1 is 1.18 bits per heavy atom. The Kier molecular flexibility index (Phi) is 3.25. The number of nitrogens with one attached hydrogen (secondary N) is 1. The van der Waals surface area contributed by atoms with Crippen molar-refractivity contribution in [2.24, 2.45) is 0 Å². The molecule has 0 amide bonds. The average Bonchev–Trinajstić information content (AvgIpc) is 3.17. The van der Waals surface area contributed by atoms with Crippen molar-refractivity contribution < 1.29 is 0 Å². The third-order valence-corrected chi connectivity index (χ3v) is 4.28. The molecular formula is C17H19N5. The van der Waals surface area contributed by atoms with E-state index in [1.807, 2.05) is 4.52 Å². The van der Waals surface area contributed by atoms with Crippen LogP contribution in [0.2, 0.25) is 0 Å². The van der Waals surface area contributed by atoms with Crippen LogP contribution in [0.1, 0.15) is 28.8 Å². The first-order valence-corrected chi connectivity index (χ1v) is 7.82. The van der Waals surface area contributed by atoms with Crippen LogP contribution in [0.5, 0.6) is 0 Å². The SMILES string of the molecule is Cc1ccc(CCNc2c3c(nc4ncnn24)CCC3)cc1. The van der Waals surface area contributed by atoms with E-state index in [0.717, 1.165) is 31.6 Å². The Bertz CT molecular complexity index is 804. The topological polar surface area (TPSA) is 55.1 Å². The zero-order valence-corrected chi connectivity index (χ0v) is 12.7. The van der Waals surface area contributed by atoms with Crippen molar-refractivity contribution in [1.82, 2.24) is 19.6 Å². The molecule has 5 nitrogen and oxygen atoms in total. The lowest BCUT2D eigenvalue weighted by atomic mass is 10.1. The number of hydrogen-bond acceptors (Lipinski definition) is 4. The molecule has 2 aromatic heterocycles. The molecule has 0 fully saturated rings. The minimum atomic E-state index is 0.693. The van der Waals surface area contributed by atoms with Crippen LogP contribution in [0.15, 0.2) is 30.6 Å². The Morgan fingerprint density at radius 3 is 2.91 bits per heavy atom. The summed E-state index contributed by atoms with van der Waals surface area (Å²) in [6, 6.07) is 8.71. The molecule has 0 radical (unpaired) electrons. The molecule has 0 saturated heterocycles. The summed E-state index contributed by atoms with van der Waals surface area (Å²) in [6.45, 7) is 3.00. The van der Waals surface area contributed by atoms with Gasteiger partial charge < -0.3 is 5.32 Å². The predicted molar refractivity (Wildman–Crippen MR) is 86.2 cm³/mol. The molecule has 112 valence electrons. The van der Waals surface area contributed by atoms with Crippen LogP contribution >= 0.6 is 0 Å². The third kappa shape index (κ3) is 2.32. The summed E-state index contributed by atoms with van der Waals surface area (Å²) in [5, 5.41) is 7.87. The molecule has 0 atom stereocenters. The summed E-state index contributed by atoms with van der Waals surface area (Å²) in [7, 11) is 0. The lowest BCUT2D eigenvalue weighted by Gasteiger charge is -2.12. The van der Waals surface area contributed by atoms with Crippen molar-refractivity contribution >= 4 is 11.6 Å². The van der Waals surface area contributed by atoms with E-state index in [-0.39, 0.29) is 0 Å². The molecule has 0 saturated carbocycles. The number of benzene rings is 1. The van der Waals surface area contributed by atoms with Gasteiger partial charge in [-0.25, -0.2) is 4.98 Å². The maximum Gasteiger partial charge on any atom is 0.254 e. The van der Waals surface area contributed by atoms with Gasteiger partial charge in [0.05, 0.1) is 5.69 Å². The molecular weight excluding hydrogens is 274 g/mol. The van der Waals surface area contributed by atoms with E-state index < -0.39 is 0 Å². The van der Waals surface area contributed by atoms with Gasteiger partial charge in [0.2, 0.25) is 0 Å². The number of hydrogen-bond donors (Lipinski definition) is 1. The number of aryl methyl sites for hydroxylation is 2. The second kappa shape index (κ2) is 5.40. The monoisotopic (exact) mass is 293 g/mol. The maximum absolute atomic E-state index is 4.60. The fraction of sp³-hybridized carbons (Fsp3) is 0.353. The van der Waals surface area contributed by atoms with E-state index in [2.05, 4.69) is 51.6 Å². The Hall–Kier alpha value is -2.43. The summed E-state index contributed by atoms with van der Waals surface area (Å²) in [4.78, 5) is 8.84. The molecule has 0 unspecified atom stereocenters. The summed E-state index contributed by atoms with van der Waals surface area (Å²) in [5.41, 5.74) is 5.13. The van der Waals surface area contributed by atoms with Crippen LogP contribution in [0, 0.1) is 6.92 Å². The van der Waals surface area contributed by atoms with Crippen molar-refractivity contribution in [3.63, 3.8) is 0 Å². The zero-order valence-electron chi connectivity index (χ0n) is 12.7. The third-order valence-electron chi connectivity index (χ3n) is 4.28. The molecule has 1 N–H and O–H groups in total. The predicted octanol–water partition coefficient (Wildman–Crippen LogP) is 2.58. The summed E-state index contributed by atoms with van der Waals surface area (Å²) >= 11 is 0. The maximum atomic E-state index is 4.60. The smallest absolute Gasteiger partial charge is 0.254 e. The molecule has 5 heteroatoms. The van der Waals surface area contributed by atoms with Crippen LogP contribution in [0.25, 0.3) is 5.78 Å². The highest BCUT2D eigenvalue weighted by molar-refractivity contribution is 5.54. The highest BCUT2D eigenvalue weighted by Gasteiger charge is 2.20. The molecule has 1 aliphatic carbocycles. The molecule has 22 heavy (non-hydrogen) atoms. The van der Waals surface area contributed by atoms with Gasteiger partial charge in [0.25, 0.3) is 5.78 Å². The lowest BCUT2D eigenvalue weighted by molar-refractivity contribution is 0.891. The molecule has 0 bridgehead atoms. The van der Waals surface area contributed by atoms with Crippen LogP contribution in [-0.2, 0) is 19.3 Å². The van der Waals surface area contributed by atoms with E-state index in [1.165, 1.54) is 28.8 Å². The standard InChI is InChI=1S/C17H19N5/c1-12-5-7-13(8-6-12)9-10-18-16-14-3-2-4-15(14)21-17-19-11-20-22(16)17/h5-8,11,18H,2-4,9-10H2,1H3. The lowest BCUT2D eigenvalue weighted by Crippen LogP contribution is -2.13. The van der Waals surface area contributed by atoms with Gasteiger partial charge in [0.15, 0.2) is 0 Å². The molecule has 0 aliphatic heterocycles. The van der Waals surface area contributed by atoms with Crippen molar-refractivity contribution in [2.75, 3.05) is 11.9 Å². The first-order valence-electron chi connectivity index (χ1n) is 7.82. The van der Waals surface area contributed by atoms with Gasteiger partial charge in [0.1, 0.15) is 12.1 Å². The molecule has 3 aromatic rings. The van der Waals surface area contributed by atoms with Gasteiger partial charge >= 0.3 is 0 Å². The van der Waals surface area contributed by atoms with Gasteiger partial charge in [-0.15, -0.1) is 0 Å². The minimum Gasteiger partial charge on any atom is -0.369 e. The van der Waals surface area contributed by atoms with E-state index >= 15 is 0 Å². The van der Waals surface area contributed by atoms with Gasteiger partial charge in [-0.1, -0.05) is 29.8 Å². The second-order valence-electron chi connectivity index (χ2n) is 5.87. The van der Waals surface area contributed by atoms with Crippen molar-refractivity contribution in [3.8, 4) is 0 Å². The van der Waals surface area contributed by atoms with Crippen LogP contribution in [0.3, 0.4) is 0 Å². The van der Waals surface area contributed by atoms with Gasteiger partial charge in [-0.05, 0) is 38.2 Å². The van der Waals surface area contributed by atoms with E-state index in [4.69, 9.17) is 0 Å². The van der Waals surface area contributed by atoms with Gasteiger partial charge in [-0.2, -0.15) is 14.6 Å². The number of anilines is 1. The summed E-state index contributed by atoms with van der Waals surface area (Å²) in [5.74, 6) is 1.76. The first-order chi connectivity index (χ1) is 10.8. The Balaban J connectivity index is 1.56. The fourth-order valence-electron chi connectivity index (χ4n) is 3.09. The van der Waals surface area contributed by atoms with Crippen molar-refractivity contribution in [1.29, 1.82) is 0 Å². The molecule has 4 rings (SSSR count). The highest BCUT2D eigenvalue weighted by Crippen LogP contribution is 2.27. The summed E-state index contributed by atoms with van der Waals surface area (Å²) in [6.07, 6.45) is 5.86. The quantitative estimate of drug-likeness (QED) is 0.803.